The van der Waals surface area contributed by atoms with Crippen LogP contribution in [0, 0.1) is 0 Å². The molecule has 1 aliphatic heterocycles. The molecular weight excluding hydrogens is 401 g/mol. The van der Waals surface area contributed by atoms with Gasteiger partial charge in [0.15, 0.2) is 5.96 Å². The first kappa shape index (κ1) is 18.7. The van der Waals surface area contributed by atoms with Gasteiger partial charge in [0.05, 0.1) is 12.1 Å². The predicted molar refractivity (Wildman–Crippen MR) is 97.7 cm³/mol. The van der Waals surface area contributed by atoms with Crippen LogP contribution in [0.15, 0.2) is 22.5 Å². The second-order valence-corrected chi connectivity index (χ2v) is 5.89. The molecule has 0 amide bonds. The Balaban J connectivity index is 0.00000220. The molecule has 21 heavy (non-hydrogen) atoms. The molecule has 1 aromatic heterocycles. The van der Waals surface area contributed by atoms with Crippen LogP contribution in [0.5, 0.6) is 0 Å². The van der Waals surface area contributed by atoms with Gasteiger partial charge >= 0.3 is 0 Å². The van der Waals surface area contributed by atoms with Crippen LogP contribution < -0.4 is 10.6 Å². The Kier molecular flexibility index (Phi) is 8.53. The smallest absolute Gasteiger partial charge is 0.191 e. The number of guanidine groups is 1. The van der Waals surface area contributed by atoms with E-state index in [0.29, 0.717) is 0 Å². The number of hydrogen-bond donors (Lipinski definition) is 2. The molecule has 1 saturated heterocycles. The summed E-state index contributed by atoms with van der Waals surface area (Å²) in [5, 5.41) is 8.75. The maximum absolute atomic E-state index is 5.70. The maximum atomic E-state index is 5.70. The second-order valence-electron chi connectivity index (χ2n) is 4.86. The lowest BCUT2D eigenvalue weighted by Crippen LogP contribution is -2.50. The largest absolute Gasteiger partial charge is 0.381 e. The Labute approximate surface area is 147 Å². The first-order valence-electron chi connectivity index (χ1n) is 6.88. The van der Waals surface area contributed by atoms with Gasteiger partial charge in [-0.05, 0) is 11.4 Å². The molecule has 1 aliphatic rings. The van der Waals surface area contributed by atoms with E-state index in [1.165, 1.54) is 4.88 Å². The summed E-state index contributed by atoms with van der Waals surface area (Å²) in [5.41, 5.74) is -0.140. The van der Waals surface area contributed by atoms with Crippen LogP contribution in [0.1, 0.15) is 17.7 Å². The Bertz CT molecular complexity index is 420. The number of ether oxygens (including phenoxy) is 2. The van der Waals surface area contributed by atoms with Gasteiger partial charge in [0, 0.05) is 51.6 Å². The van der Waals surface area contributed by atoms with Gasteiger partial charge in [-0.2, -0.15) is 0 Å². The Morgan fingerprint density at radius 3 is 2.76 bits per heavy atom. The predicted octanol–water partition coefficient (Wildman–Crippen LogP) is 2.23. The third kappa shape index (κ3) is 5.72. The van der Waals surface area contributed by atoms with Crippen LogP contribution in [0.3, 0.4) is 0 Å². The summed E-state index contributed by atoms with van der Waals surface area (Å²) in [4.78, 5) is 5.54. The summed E-state index contributed by atoms with van der Waals surface area (Å²) in [6.07, 6.45) is 1.83. The third-order valence-corrected chi connectivity index (χ3v) is 4.53. The molecule has 5 nitrogen and oxygen atoms in total. The van der Waals surface area contributed by atoms with Crippen LogP contribution in [0.2, 0.25) is 0 Å². The fraction of sp³-hybridized carbons (Fsp3) is 0.643. The summed E-state index contributed by atoms with van der Waals surface area (Å²) in [5.74, 6) is 0.807. The Morgan fingerprint density at radius 1 is 1.43 bits per heavy atom. The maximum Gasteiger partial charge on any atom is 0.191 e. The molecule has 0 aliphatic carbocycles. The molecule has 0 aromatic carbocycles. The molecule has 2 heterocycles. The summed E-state index contributed by atoms with van der Waals surface area (Å²) in [7, 11) is 3.56. The van der Waals surface area contributed by atoms with Crippen molar-refractivity contribution in [2.75, 3.05) is 33.9 Å². The van der Waals surface area contributed by atoms with E-state index >= 15 is 0 Å². The number of aliphatic imine (C=N–C) groups is 1. The molecule has 7 heteroatoms. The zero-order chi connectivity index (χ0) is 14.3. The highest BCUT2D eigenvalue weighted by molar-refractivity contribution is 14.0. The second kappa shape index (κ2) is 9.60. The molecule has 1 fully saturated rings. The summed E-state index contributed by atoms with van der Waals surface area (Å²) in [6.45, 7) is 3.06. The fourth-order valence-corrected chi connectivity index (χ4v) is 2.89. The van der Waals surface area contributed by atoms with E-state index in [0.717, 1.165) is 45.1 Å². The molecule has 120 valence electrons. The van der Waals surface area contributed by atoms with Crippen molar-refractivity contribution in [3.63, 3.8) is 0 Å². The van der Waals surface area contributed by atoms with Crippen LogP contribution in [-0.2, 0) is 16.0 Å². The van der Waals surface area contributed by atoms with Crippen LogP contribution >= 0.6 is 35.3 Å². The van der Waals surface area contributed by atoms with E-state index in [-0.39, 0.29) is 29.6 Å². The van der Waals surface area contributed by atoms with E-state index in [2.05, 4.69) is 33.1 Å². The molecule has 0 spiro atoms. The lowest BCUT2D eigenvalue weighted by atomic mass is 9.94. The first-order valence-corrected chi connectivity index (χ1v) is 7.76. The Morgan fingerprint density at radius 2 is 2.19 bits per heavy atom. The van der Waals surface area contributed by atoms with Crippen molar-refractivity contribution in [3.8, 4) is 0 Å². The summed E-state index contributed by atoms with van der Waals surface area (Å²) in [6, 6.07) is 4.17. The standard InChI is InChI=1S/C14H23N3O2S.HI/c1-15-13(16-10-12-4-3-9-20-12)17-11-14(18-2)5-7-19-8-6-14;/h3-4,9H,5-8,10-11H2,1-2H3,(H2,15,16,17);1H. The molecule has 0 unspecified atom stereocenters. The Hall–Kier alpha value is -0.380. The minimum absolute atomic E-state index is 0. The summed E-state index contributed by atoms with van der Waals surface area (Å²) >= 11 is 1.74. The van der Waals surface area contributed by atoms with E-state index in [4.69, 9.17) is 9.47 Å². The van der Waals surface area contributed by atoms with Crippen molar-refractivity contribution in [3.05, 3.63) is 22.4 Å². The molecule has 0 radical (unpaired) electrons. The van der Waals surface area contributed by atoms with Crippen LogP contribution in [-0.4, -0.2) is 45.5 Å². The molecule has 0 atom stereocenters. The van der Waals surface area contributed by atoms with Crippen molar-refractivity contribution < 1.29 is 9.47 Å². The lowest BCUT2D eigenvalue weighted by Gasteiger charge is -2.36. The van der Waals surface area contributed by atoms with Crippen LogP contribution in [0.4, 0.5) is 0 Å². The van der Waals surface area contributed by atoms with E-state index in [1.807, 2.05) is 0 Å². The number of nitrogens with one attached hydrogen (secondary N) is 2. The van der Waals surface area contributed by atoms with Gasteiger partial charge in [-0.25, -0.2) is 0 Å². The van der Waals surface area contributed by atoms with Crippen molar-refractivity contribution >= 4 is 41.3 Å². The van der Waals surface area contributed by atoms with E-state index in [1.54, 1.807) is 25.5 Å². The first-order chi connectivity index (χ1) is 9.78. The zero-order valence-corrected chi connectivity index (χ0v) is 15.7. The number of rotatable bonds is 5. The molecule has 0 bridgehead atoms. The molecule has 0 saturated carbocycles. The average Bonchev–Trinajstić information content (AvgIpc) is 3.02. The monoisotopic (exact) mass is 425 g/mol. The quantitative estimate of drug-likeness (QED) is 0.432. The van der Waals surface area contributed by atoms with Gasteiger partial charge < -0.3 is 20.1 Å². The number of halogens is 1. The SMILES string of the molecule is CN=C(NCc1cccs1)NCC1(OC)CCOCC1.I. The molecule has 1 aromatic rings. The highest BCUT2D eigenvalue weighted by Gasteiger charge is 2.32. The van der Waals surface area contributed by atoms with Crippen molar-refractivity contribution in [1.82, 2.24) is 10.6 Å². The van der Waals surface area contributed by atoms with E-state index in [9.17, 15) is 0 Å². The van der Waals surface area contributed by atoms with Gasteiger partial charge in [-0.15, -0.1) is 35.3 Å². The molecule has 2 rings (SSSR count). The number of thiophene rings is 1. The normalized spacial score (nSPS) is 17.9. The van der Waals surface area contributed by atoms with Gasteiger partial charge in [0.25, 0.3) is 0 Å². The van der Waals surface area contributed by atoms with Gasteiger partial charge in [0.2, 0.25) is 0 Å². The number of hydrogen-bond acceptors (Lipinski definition) is 4. The molecule has 2 N–H and O–H groups in total. The number of methoxy groups -OCH3 is 1. The minimum atomic E-state index is -0.140. The van der Waals surface area contributed by atoms with Crippen molar-refractivity contribution in [1.29, 1.82) is 0 Å². The average molecular weight is 425 g/mol. The lowest BCUT2D eigenvalue weighted by molar-refractivity contribution is -0.0855. The van der Waals surface area contributed by atoms with Gasteiger partial charge in [-0.3, -0.25) is 4.99 Å². The summed E-state index contributed by atoms with van der Waals surface area (Å²) < 4.78 is 11.1. The topological polar surface area (TPSA) is 54.9 Å². The van der Waals surface area contributed by atoms with Crippen molar-refractivity contribution in [2.45, 2.75) is 25.0 Å². The number of nitrogens with zero attached hydrogens (tertiary/aromatic N) is 1. The van der Waals surface area contributed by atoms with E-state index < -0.39 is 0 Å². The van der Waals surface area contributed by atoms with Gasteiger partial charge in [0.1, 0.15) is 0 Å². The minimum Gasteiger partial charge on any atom is -0.381 e. The highest BCUT2D eigenvalue weighted by Crippen LogP contribution is 2.23. The zero-order valence-electron chi connectivity index (χ0n) is 12.6. The third-order valence-electron chi connectivity index (χ3n) is 3.65. The van der Waals surface area contributed by atoms with Crippen molar-refractivity contribution in [2.24, 2.45) is 4.99 Å². The highest BCUT2D eigenvalue weighted by atomic mass is 127. The van der Waals surface area contributed by atoms with Crippen LogP contribution in [0.25, 0.3) is 0 Å². The molecular formula is C14H24IN3O2S. The van der Waals surface area contributed by atoms with Gasteiger partial charge in [-0.1, -0.05) is 6.07 Å². The fourth-order valence-electron chi connectivity index (χ4n) is 2.25.